The van der Waals surface area contributed by atoms with Gasteiger partial charge in [-0.1, -0.05) is 0 Å². The zero-order valence-corrected chi connectivity index (χ0v) is 6.72. The minimum absolute atomic E-state index is 0.715. The zero-order valence-electron chi connectivity index (χ0n) is 4.91. The molecule has 40 valence electrons. The summed E-state index contributed by atoms with van der Waals surface area (Å²) in [6.07, 6.45) is 2.19. The van der Waals surface area contributed by atoms with Gasteiger partial charge in [0.1, 0.15) is 0 Å². The Labute approximate surface area is 44.8 Å². The van der Waals surface area contributed by atoms with Crippen molar-refractivity contribution in [2.45, 2.75) is 0 Å². The Kier molecular flexibility index (Phi) is 2.47. The van der Waals surface area contributed by atoms with E-state index in [0.29, 0.717) is 0 Å². The first-order valence-electron chi connectivity index (χ1n) is 2.11. The zero-order chi connectivity index (χ0) is 5.21. The molecule has 0 aliphatic rings. The molecule has 0 bridgehead atoms. The molecule has 0 heterocycles. The molecule has 6 heavy (non-hydrogen) atoms. The fraction of sp³-hybridized carbons (Fsp3) is 1.00. The maximum absolute atomic E-state index is 2.34. The van der Waals surface area contributed by atoms with Crippen LogP contribution in [0.15, 0.2) is 0 Å². The van der Waals surface area contributed by atoms with Gasteiger partial charge < -0.3 is 0 Å². The molecular weight excluding hydrogens is 111 g/mol. The van der Waals surface area contributed by atoms with Gasteiger partial charge in [0, 0.05) is 0 Å². The Bertz CT molecular complexity index is 37.3. The molecule has 0 aliphatic carbocycles. The van der Waals surface area contributed by atoms with Crippen LogP contribution in [0.1, 0.15) is 0 Å². The van der Waals surface area contributed by atoms with Crippen LogP contribution in [0.25, 0.3) is 0 Å². The summed E-state index contributed by atoms with van der Waals surface area (Å²) in [6, 6.07) is 0. The van der Waals surface area contributed by atoms with Gasteiger partial charge in [-0.05, 0) is 0 Å². The minimum atomic E-state index is -0.715. The van der Waals surface area contributed by atoms with Crippen molar-refractivity contribution in [2.75, 3.05) is 26.3 Å². The van der Waals surface area contributed by atoms with Gasteiger partial charge in [-0.15, -0.1) is 0 Å². The van der Waals surface area contributed by atoms with Gasteiger partial charge in [-0.3, -0.25) is 0 Å². The molecule has 0 saturated heterocycles. The first-order chi connectivity index (χ1) is 2.56. The van der Waals surface area contributed by atoms with Crippen LogP contribution < -0.4 is 0 Å². The molecule has 2 heteroatoms. The third-order valence-electron chi connectivity index (χ3n) is 0.612. The maximum atomic E-state index is 2.34. The van der Waals surface area contributed by atoms with Crippen molar-refractivity contribution in [3.63, 3.8) is 0 Å². The standard InChI is InChI=1S/C4H13PS/c1-5(2,3)6-4/h5H,1-4H3. The van der Waals surface area contributed by atoms with Crippen LogP contribution in [0, 0.1) is 0 Å². The van der Waals surface area contributed by atoms with Gasteiger partial charge >= 0.3 is 44.1 Å². The molecule has 0 atom stereocenters. The van der Waals surface area contributed by atoms with Gasteiger partial charge in [0.25, 0.3) is 0 Å². The Balaban J connectivity index is 3.17. The van der Waals surface area contributed by atoms with Crippen LogP contribution in [0.4, 0.5) is 0 Å². The summed E-state index contributed by atoms with van der Waals surface area (Å²) < 4.78 is 0. The van der Waals surface area contributed by atoms with E-state index in [1.54, 1.807) is 0 Å². The molecule has 0 fully saturated rings. The first-order valence-corrected chi connectivity index (χ1v) is 7.56. The van der Waals surface area contributed by atoms with Crippen LogP contribution in [-0.4, -0.2) is 26.3 Å². The van der Waals surface area contributed by atoms with Crippen LogP contribution in [0.2, 0.25) is 0 Å². The van der Waals surface area contributed by atoms with E-state index in [4.69, 9.17) is 0 Å². The molecule has 0 aliphatic heterocycles. The summed E-state index contributed by atoms with van der Waals surface area (Å²) in [5.74, 6) is 0. The van der Waals surface area contributed by atoms with Gasteiger partial charge in [-0.25, -0.2) is 0 Å². The van der Waals surface area contributed by atoms with E-state index in [1.165, 1.54) is 0 Å². The normalized spacial score (nSPS) is 14.7. The van der Waals surface area contributed by atoms with E-state index in [2.05, 4.69) is 26.3 Å². The number of hydrogen-bond donors (Lipinski definition) is 0. The Morgan fingerprint density at radius 1 is 1.17 bits per heavy atom. The van der Waals surface area contributed by atoms with Crippen molar-refractivity contribution < 1.29 is 0 Å². The fourth-order valence-electron chi connectivity index (χ4n) is 0. The molecule has 0 aromatic carbocycles. The number of hydrogen-bond acceptors (Lipinski definition) is 1. The van der Waals surface area contributed by atoms with Crippen LogP contribution in [0.5, 0.6) is 0 Å². The molecule has 0 unspecified atom stereocenters. The van der Waals surface area contributed by atoms with Crippen LogP contribution >= 0.6 is 17.8 Å². The topological polar surface area (TPSA) is 0 Å². The van der Waals surface area contributed by atoms with Crippen LogP contribution in [0.3, 0.4) is 0 Å². The average Bonchev–Trinajstić information content (AvgIpc) is 1.35. The summed E-state index contributed by atoms with van der Waals surface area (Å²) in [5, 5.41) is 0. The predicted molar refractivity (Wildman–Crippen MR) is 39.6 cm³/mol. The van der Waals surface area contributed by atoms with Gasteiger partial charge in [0.2, 0.25) is 0 Å². The Hall–Kier alpha value is 0.780. The SMILES string of the molecule is CS[PH](C)(C)C. The van der Waals surface area contributed by atoms with E-state index in [-0.39, 0.29) is 0 Å². The van der Waals surface area contributed by atoms with E-state index >= 15 is 0 Å². The Morgan fingerprint density at radius 2 is 1.33 bits per heavy atom. The summed E-state index contributed by atoms with van der Waals surface area (Å²) in [7, 11) is 0. The van der Waals surface area contributed by atoms with Gasteiger partial charge in [0.05, 0.1) is 0 Å². The van der Waals surface area contributed by atoms with E-state index in [0.717, 1.165) is 0 Å². The second-order valence-electron chi connectivity index (χ2n) is 2.32. The van der Waals surface area contributed by atoms with Crippen molar-refractivity contribution in [3.05, 3.63) is 0 Å². The van der Waals surface area contributed by atoms with E-state index < -0.39 is 6.46 Å². The summed E-state index contributed by atoms with van der Waals surface area (Å²) in [4.78, 5) is 0. The quantitative estimate of drug-likeness (QED) is 0.481. The monoisotopic (exact) mass is 124 g/mol. The Morgan fingerprint density at radius 3 is 1.33 bits per heavy atom. The van der Waals surface area contributed by atoms with Crippen molar-refractivity contribution in [1.29, 1.82) is 0 Å². The van der Waals surface area contributed by atoms with Crippen molar-refractivity contribution in [1.82, 2.24) is 0 Å². The third-order valence-corrected chi connectivity index (χ3v) is 5.51. The summed E-state index contributed by atoms with van der Waals surface area (Å²) >= 11 is 2.02. The molecule has 0 saturated carbocycles. The predicted octanol–water partition coefficient (Wildman–Crippen LogP) is 1.90. The second kappa shape index (κ2) is 2.18. The van der Waals surface area contributed by atoms with Gasteiger partial charge in [-0.2, -0.15) is 0 Å². The fourth-order valence-corrected chi connectivity index (χ4v) is 0. The number of rotatable bonds is 1. The van der Waals surface area contributed by atoms with E-state index in [9.17, 15) is 0 Å². The molecular formula is C4H13PS. The van der Waals surface area contributed by atoms with Crippen molar-refractivity contribution in [3.8, 4) is 0 Å². The molecule has 0 spiro atoms. The molecule has 0 amide bonds. The molecule has 0 aromatic rings. The second-order valence-corrected chi connectivity index (χ2v) is 11.8. The first kappa shape index (κ1) is 6.78. The summed E-state index contributed by atoms with van der Waals surface area (Å²) in [6.45, 7) is 6.32. The summed E-state index contributed by atoms with van der Waals surface area (Å²) in [5.41, 5.74) is 0. The van der Waals surface area contributed by atoms with Crippen LogP contribution in [-0.2, 0) is 0 Å². The molecule has 0 radical (unpaired) electrons. The third kappa shape index (κ3) is 4.78. The van der Waals surface area contributed by atoms with Crippen molar-refractivity contribution >= 4 is 17.8 Å². The molecule has 0 aromatic heterocycles. The molecule has 0 rings (SSSR count). The molecule has 0 nitrogen and oxygen atoms in total. The average molecular weight is 124 g/mol. The van der Waals surface area contributed by atoms with E-state index in [1.807, 2.05) is 11.4 Å². The van der Waals surface area contributed by atoms with Crippen molar-refractivity contribution in [2.24, 2.45) is 0 Å². The van der Waals surface area contributed by atoms with Gasteiger partial charge in [0.15, 0.2) is 0 Å². The molecule has 0 N–H and O–H groups in total.